The second-order valence-corrected chi connectivity index (χ2v) is 4.73. The molecule has 0 saturated carbocycles. The highest BCUT2D eigenvalue weighted by Crippen LogP contribution is 2.19. The summed E-state index contributed by atoms with van der Waals surface area (Å²) in [6, 6.07) is 0. The first-order chi connectivity index (χ1) is 7.29. The molecule has 82 valence electrons. The van der Waals surface area contributed by atoms with Crippen LogP contribution in [0.4, 0.5) is 0 Å². The van der Waals surface area contributed by atoms with Crippen LogP contribution in [0.2, 0.25) is 0 Å². The smallest absolute Gasteiger partial charge is 0.196 e. The monoisotopic (exact) mass is 245 g/mol. The Morgan fingerprint density at radius 1 is 1.73 bits per heavy atom. The van der Waals surface area contributed by atoms with E-state index in [9.17, 15) is 4.79 Å². The Hall–Kier alpha value is -0.450. The van der Waals surface area contributed by atoms with Crippen LogP contribution in [0.25, 0.3) is 0 Å². The highest BCUT2D eigenvalue weighted by molar-refractivity contribution is 7.09. The van der Waals surface area contributed by atoms with Gasteiger partial charge in [-0.3, -0.25) is 4.79 Å². The fourth-order valence-electron chi connectivity index (χ4n) is 1.60. The molecule has 2 heterocycles. The molecule has 1 fully saturated rings. The normalized spacial score (nSPS) is 20.7. The van der Waals surface area contributed by atoms with E-state index in [1.165, 1.54) is 11.3 Å². The van der Waals surface area contributed by atoms with Gasteiger partial charge in [-0.15, -0.1) is 22.9 Å². The molecule has 1 aromatic heterocycles. The Kier molecular flexibility index (Phi) is 3.72. The number of Topliss-reactive ketones (excluding diaryl/α,β-unsaturated/α-hetero) is 1. The van der Waals surface area contributed by atoms with Gasteiger partial charge in [0.15, 0.2) is 5.78 Å². The van der Waals surface area contributed by atoms with Crippen molar-refractivity contribution in [3.63, 3.8) is 0 Å². The molecule has 0 spiro atoms. The number of ketones is 1. The molecular formula is C10H12ClNO2S. The van der Waals surface area contributed by atoms with Crippen LogP contribution in [0.3, 0.4) is 0 Å². The molecular weight excluding hydrogens is 234 g/mol. The van der Waals surface area contributed by atoms with Gasteiger partial charge in [0.1, 0.15) is 5.69 Å². The van der Waals surface area contributed by atoms with E-state index in [0.29, 0.717) is 5.69 Å². The third-order valence-electron chi connectivity index (χ3n) is 2.39. The summed E-state index contributed by atoms with van der Waals surface area (Å²) in [5.74, 6) is -0.102. The molecule has 0 aromatic carbocycles. The summed E-state index contributed by atoms with van der Waals surface area (Å²) in [4.78, 5) is 15.5. The first-order valence-electron chi connectivity index (χ1n) is 4.95. The predicted molar refractivity (Wildman–Crippen MR) is 59.8 cm³/mol. The van der Waals surface area contributed by atoms with Crippen LogP contribution in [-0.2, 0) is 11.2 Å². The van der Waals surface area contributed by atoms with Crippen LogP contribution < -0.4 is 0 Å². The number of ether oxygens (including phenoxy) is 1. The molecule has 1 atom stereocenters. The van der Waals surface area contributed by atoms with Gasteiger partial charge in [0, 0.05) is 18.4 Å². The van der Waals surface area contributed by atoms with Gasteiger partial charge in [-0.25, -0.2) is 4.98 Å². The summed E-state index contributed by atoms with van der Waals surface area (Å²) in [5, 5.41) is 2.74. The third-order valence-corrected chi connectivity index (χ3v) is 3.50. The summed E-state index contributed by atoms with van der Waals surface area (Å²) >= 11 is 6.97. The fourth-order valence-corrected chi connectivity index (χ4v) is 2.60. The number of carbonyl (C=O) groups is 1. The lowest BCUT2D eigenvalue weighted by atomic mass is 10.2. The average Bonchev–Trinajstić information content (AvgIpc) is 2.88. The molecule has 2 rings (SSSR count). The minimum atomic E-state index is -0.105. The lowest BCUT2D eigenvalue weighted by Crippen LogP contribution is -2.09. The maximum atomic E-state index is 11.2. The second kappa shape index (κ2) is 5.05. The van der Waals surface area contributed by atoms with Crippen LogP contribution in [-0.4, -0.2) is 29.4 Å². The van der Waals surface area contributed by atoms with Gasteiger partial charge < -0.3 is 4.74 Å². The van der Waals surface area contributed by atoms with Gasteiger partial charge in [-0.05, 0) is 12.8 Å². The minimum Gasteiger partial charge on any atom is -0.378 e. The van der Waals surface area contributed by atoms with Crippen molar-refractivity contribution in [1.82, 2.24) is 4.98 Å². The number of hydrogen-bond acceptors (Lipinski definition) is 4. The van der Waals surface area contributed by atoms with Gasteiger partial charge in [0.25, 0.3) is 0 Å². The van der Waals surface area contributed by atoms with Crippen molar-refractivity contribution >= 4 is 28.7 Å². The number of halogens is 1. The largest absolute Gasteiger partial charge is 0.378 e. The molecule has 0 aliphatic carbocycles. The molecule has 0 amide bonds. The number of alkyl halides is 1. The Morgan fingerprint density at radius 2 is 2.60 bits per heavy atom. The van der Waals surface area contributed by atoms with Gasteiger partial charge in [-0.2, -0.15) is 0 Å². The molecule has 0 N–H and O–H groups in total. The minimum absolute atomic E-state index is 0.00308. The van der Waals surface area contributed by atoms with Crippen molar-refractivity contribution in [2.24, 2.45) is 0 Å². The molecule has 15 heavy (non-hydrogen) atoms. The zero-order chi connectivity index (χ0) is 10.7. The Balaban J connectivity index is 1.97. The van der Waals surface area contributed by atoms with Crippen molar-refractivity contribution < 1.29 is 9.53 Å². The SMILES string of the molecule is O=C(CCl)c1csc(CC2CCCO2)n1. The van der Waals surface area contributed by atoms with E-state index in [4.69, 9.17) is 16.3 Å². The zero-order valence-electron chi connectivity index (χ0n) is 8.24. The summed E-state index contributed by atoms with van der Waals surface area (Å²) < 4.78 is 5.51. The topological polar surface area (TPSA) is 39.2 Å². The number of thiazole rings is 1. The van der Waals surface area contributed by atoms with Crippen molar-refractivity contribution in [3.8, 4) is 0 Å². The first kappa shape index (κ1) is 11.0. The standard InChI is InChI=1S/C10H12ClNO2S/c11-5-9(13)8-6-15-10(12-8)4-7-2-1-3-14-7/h6-7H,1-5H2. The van der Waals surface area contributed by atoms with Crippen LogP contribution in [0.5, 0.6) is 0 Å². The predicted octanol–water partition coefficient (Wildman–Crippen LogP) is 2.29. The molecule has 1 aromatic rings. The molecule has 1 aliphatic rings. The van der Waals surface area contributed by atoms with Crippen LogP contribution >= 0.6 is 22.9 Å². The lowest BCUT2D eigenvalue weighted by molar-refractivity contribution is 0.101. The first-order valence-corrected chi connectivity index (χ1v) is 6.36. The molecule has 0 bridgehead atoms. The van der Waals surface area contributed by atoms with E-state index < -0.39 is 0 Å². The summed E-state index contributed by atoms with van der Waals surface area (Å²) in [5.41, 5.74) is 0.489. The average molecular weight is 246 g/mol. The number of nitrogens with zero attached hydrogens (tertiary/aromatic N) is 1. The van der Waals surface area contributed by atoms with Gasteiger partial charge in [0.2, 0.25) is 0 Å². The Labute approximate surface area is 97.4 Å². The van der Waals surface area contributed by atoms with Crippen molar-refractivity contribution in [1.29, 1.82) is 0 Å². The van der Waals surface area contributed by atoms with E-state index in [-0.39, 0.29) is 17.8 Å². The third kappa shape index (κ3) is 2.77. The molecule has 1 aliphatic heterocycles. The zero-order valence-corrected chi connectivity index (χ0v) is 9.81. The van der Waals surface area contributed by atoms with Crippen LogP contribution in [0.1, 0.15) is 28.3 Å². The molecule has 3 nitrogen and oxygen atoms in total. The maximum absolute atomic E-state index is 11.2. The maximum Gasteiger partial charge on any atom is 0.196 e. The van der Waals surface area contributed by atoms with Crippen molar-refractivity contribution in [2.45, 2.75) is 25.4 Å². The van der Waals surface area contributed by atoms with E-state index in [0.717, 1.165) is 30.9 Å². The number of carbonyl (C=O) groups excluding carboxylic acids is 1. The summed E-state index contributed by atoms with van der Waals surface area (Å²) in [7, 11) is 0. The van der Waals surface area contributed by atoms with E-state index in [2.05, 4.69) is 4.98 Å². The molecule has 5 heteroatoms. The fraction of sp³-hybridized carbons (Fsp3) is 0.600. The van der Waals surface area contributed by atoms with Crippen LogP contribution in [0.15, 0.2) is 5.38 Å². The van der Waals surface area contributed by atoms with Gasteiger partial charge >= 0.3 is 0 Å². The Bertz CT molecular complexity index is 347. The summed E-state index contributed by atoms with van der Waals surface area (Å²) in [6.45, 7) is 0.851. The van der Waals surface area contributed by atoms with Crippen molar-refractivity contribution in [2.75, 3.05) is 12.5 Å². The van der Waals surface area contributed by atoms with Crippen LogP contribution in [0, 0.1) is 0 Å². The molecule has 0 radical (unpaired) electrons. The van der Waals surface area contributed by atoms with E-state index >= 15 is 0 Å². The number of aromatic nitrogens is 1. The highest BCUT2D eigenvalue weighted by Gasteiger charge is 2.18. The number of hydrogen-bond donors (Lipinski definition) is 0. The van der Waals surface area contributed by atoms with E-state index in [1.54, 1.807) is 5.38 Å². The van der Waals surface area contributed by atoms with E-state index in [1.807, 2.05) is 0 Å². The van der Waals surface area contributed by atoms with Gasteiger partial charge in [0.05, 0.1) is 17.0 Å². The lowest BCUT2D eigenvalue weighted by Gasteiger charge is -2.05. The summed E-state index contributed by atoms with van der Waals surface area (Å²) in [6.07, 6.45) is 3.33. The van der Waals surface area contributed by atoms with Gasteiger partial charge in [-0.1, -0.05) is 0 Å². The van der Waals surface area contributed by atoms with Crippen molar-refractivity contribution in [3.05, 3.63) is 16.1 Å². The number of rotatable bonds is 4. The highest BCUT2D eigenvalue weighted by atomic mass is 35.5. The quantitative estimate of drug-likeness (QED) is 0.604. The second-order valence-electron chi connectivity index (χ2n) is 3.52. The Morgan fingerprint density at radius 3 is 3.27 bits per heavy atom. The molecule has 1 unspecified atom stereocenters. The molecule has 1 saturated heterocycles.